The maximum Gasteiger partial charge on any atom is 0.0422 e. The maximum atomic E-state index is 7.32. The molecule has 0 amide bonds. The van der Waals surface area contributed by atoms with Crippen molar-refractivity contribution in [3.8, 4) is 0 Å². The number of hydrogen-bond donors (Lipinski definition) is 1. The Morgan fingerprint density at radius 1 is 1.50 bits per heavy atom. The summed E-state index contributed by atoms with van der Waals surface area (Å²) in [5, 5.41) is 0. The van der Waals surface area contributed by atoms with Crippen molar-refractivity contribution in [3.05, 3.63) is 23.0 Å². The fourth-order valence-electron chi connectivity index (χ4n) is 0.525. The van der Waals surface area contributed by atoms with Gasteiger partial charge in [0.05, 0.1) is 0 Å². The van der Waals surface area contributed by atoms with Crippen LogP contribution >= 0.6 is 0 Å². The maximum absolute atomic E-state index is 7.32. The Morgan fingerprint density at radius 2 is 2.40 bits per heavy atom. The average molecular weight is 145 g/mol. The van der Waals surface area contributed by atoms with Gasteiger partial charge in [-0.05, 0) is 31.7 Å². The Kier molecular flexibility index (Phi) is 0.402. The van der Waals surface area contributed by atoms with Gasteiger partial charge in [-0.2, -0.15) is 0 Å². The SMILES string of the molecule is [2H]C([2H])([2H])c1cnc(C([2H])([2H])[2H])c(C([2H])([2H])[2H])c1N. The molecular formula is C8H12N2. The molecule has 10 heavy (non-hydrogen) atoms. The van der Waals surface area contributed by atoms with E-state index in [2.05, 4.69) is 4.98 Å². The lowest BCUT2D eigenvalue weighted by Crippen LogP contribution is -1.97. The van der Waals surface area contributed by atoms with Crippen LogP contribution in [0.2, 0.25) is 0 Å². The van der Waals surface area contributed by atoms with Crippen LogP contribution in [0, 0.1) is 20.6 Å². The molecule has 0 aliphatic carbocycles. The highest BCUT2D eigenvalue weighted by Crippen LogP contribution is 2.16. The van der Waals surface area contributed by atoms with Crippen LogP contribution in [0.25, 0.3) is 0 Å². The summed E-state index contributed by atoms with van der Waals surface area (Å²) in [4.78, 5) is 3.48. The summed E-state index contributed by atoms with van der Waals surface area (Å²) in [5.74, 6) is 0. The highest BCUT2D eigenvalue weighted by molar-refractivity contribution is 5.52. The normalized spacial score (nSPS) is 27.0. The van der Waals surface area contributed by atoms with Gasteiger partial charge in [-0.25, -0.2) is 0 Å². The lowest BCUT2D eigenvalue weighted by Gasteiger charge is -2.04. The molecule has 2 nitrogen and oxygen atoms in total. The van der Waals surface area contributed by atoms with E-state index in [1.165, 1.54) is 0 Å². The van der Waals surface area contributed by atoms with Gasteiger partial charge < -0.3 is 5.73 Å². The largest absolute Gasteiger partial charge is 0.398 e. The van der Waals surface area contributed by atoms with Crippen molar-refractivity contribution in [3.63, 3.8) is 0 Å². The van der Waals surface area contributed by atoms with Crippen molar-refractivity contribution in [2.45, 2.75) is 20.6 Å². The number of nitrogens with two attached hydrogens (primary N) is 1. The fraction of sp³-hybridized carbons (Fsp3) is 0.375. The molecule has 0 atom stereocenters. The third kappa shape index (κ3) is 0.967. The molecule has 54 valence electrons. The van der Waals surface area contributed by atoms with Gasteiger partial charge in [-0.15, -0.1) is 0 Å². The molecule has 1 aromatic heterocycles. The first-order chi connectivity index (χ1) is 8.26. The second kappa shape index (κ2) is 2.29. The molecular weight excluding hydrogens is 124 g/mol. The van der Waals surface area contributed by atoms with Crippen LogP contribution < -0.4 is 5.73 Å². The molecule has 2 heteroatoms. The van der Waals surface area contributed by atoms with E-state index in [-0.39, 0.29) is 0 Å². The van der Waals surface area contributed by atoms with Crippen molar-refractivity contribution in [1.29, 1.82) is 0 Å². The van der Waals surface area contributed by atoms with E-state index >= 15 is 0 Å². The third-order valence-electron chi connectivity index (χ3n) is 1.12. The van der Waals surface area contributed by atoms with Crippen LogP contribution in [0.5, 0.6) is 0 Å². The van der Waals surface area contributed by atoms with Crippen LogP contribution in [0.4, 0.5) is 5.69 Å². The smallest absolute Gasteiger partial charge is 0.0422 e. The predicted octanol–water partition coefficient (Wildman–Crippen LogP) is 1.59. The van der Waals surface area contributed by atoms with E-state index < -0.39 is 43.1 Å². The molecule has 1 rings (SSSR count). The fourth-order valence-corrected chi connectivity index (χ4v) is 0.525. The number of aromatic nitrogens is 1. The van der Waals surface area contributed by atoms with Gasteiger partial charge in [0, 0.05) is 29.9 Å². The van der Waals surface area contributed by atoms with Crippen LogP contribution in [0.3, 0.4) is 0 Å². The predicted molar refractivity (Wildman–Crippen MR) is 42.9 cm³/mol. The second-order valence-electron chi connectivity index (χ2n) is 1.81. The van der Waals surface area contributed by atoms with E-state index in [0.29, 0.717) is 0 Å². The number of nitrogens with zero attached hydrogens (tertiary/aromatic N) is 1. The first kappa shape index (κ1) is 1.76. The number of nitrogen functional groups attached to an aromatic ring is 1. The van der Waals surface area contributed by atoms with Crippen molar-refractivity contribution >= 4 is 5.69 Å². The minimum atomic E-state index is -2.86. The molecule has 0 aromatic carbocycles. The third-order valence-corrected chi connectivity index (χ3v) is 1.12. The van der Waals surface area contributed by atoms with Crippen LogP contribution in [0.1, 0.15) is 29.2 Å². The number of hydrogen-bond acceptors (Lipinski definition) is 2. The lowest BCUT2D eigenvalue weighted by atomic mass is 10.1. The van der Waals surface area contributed by atoms with Gasteiger partial charge in [-0.3, -0.25) is 4.98 Å². The number of pyridine rings is 1. The van der Waals surface area contributed by atoms with E-state index in [9.17, 15) is 0 Å². The molecule has 2 N–H and O–H groups in total. The molecule has 0 aliphatic heterocycles. The Labute approximate surface area is 73.7 Å². The highest BCUT2D eigenvalue weighted by Gasteiger charge is 1.99. The topological polar surface area (TPSA) is 38.9 Å². The molecule has 0 saturated carbocycles. The van der Waals surface area contributed by atoms with Gasteiger partial charge in [-0.1, -0.05) is 0 Å². The van der Waals surface area contributed by atoms with Gasteiger partial charge in [0.2, 0.25) is 0 Å². The first-order valence-corrected chi connectivity index (χ1v) is 2.56. The summed E-state index contributed by atoms with van der Waals surface area (Å²) in [6.07, 6.45) is 0.791. The molecule has 0 unspecified atom stereocenters. The average Bonchev–Trinajstić information content (AvgIpc) is 2.11. The van der Waals surface area contributed by atoms with Crippen LogP contribution in [-0.2, 0) is 0 Å². The number of rotatable bonds is 0. The monoisotopic (exact) mass is 145 g/mol. The summed E-state index contributed by atoms with van der Waals surface area (Å²) in [6, 6.07) is 0. The highest BCUT2D eigenvalue weighted by atomic mass is 14.7. The Balaban J connectivity index is 3.71. The summed E-state index contributed by atoms with van der Waals surface area (Å²) in [6.45, 7) is -8.31. The van der Waals surface area contributed by atoms with Crippen LogP contribution in [-0.4, -0.2) is 4.98 Å². The van der Waals surface area contributed by atoms with Gasteiger partial charge >= 0.3 is 0 Å². The molecule has 1 heterocycles. The van der Waals surface area contributed by atoms with E-state index in [0.717, 1.165) is 6.20 Å². The molecule has 0 bridgehead atoms. The number of anilines is 1. The van der Waals surface area contributed by atoms with Gasteiger partial charge in [0.15, 0.2) is 0 Å². The van der Waals surface area contributed by atoms with Crippen molar-refractivity contribution in [2.75, 3.05) is 5.73 Å². The Hall–Kier alpha value is -1.05. The summed E-state index contributed by atoms with van der Waals surface area (Å²) in [5.41, 5.74) is 3.09. The van der Waals surface area contributed by atoms with E-state index in [1.54, 1.807) is 0 Å². The van der Waals surface area contributed by atoms with Crippen molar-refractivity contribution in [2.24, 2.45) is 0 Å². The van der Waals surface area contributed by atoms with E-state index in [4.69, 9.17) is 18.1 Å². The molecule has 0 spiro atoms. The van der Waals surface area contributed by atoms with Gasteiger partial charge in [0.1, 0.15) is 0 Å². The van der Waals surface area contributed by atoms with Gasteiger partial charge in [0.25, 0.3) is 0 Å². The standard InChI is InChI=1S/C8H12N2/c1-5-4-10-7(3)6(2)8(5)9/h4H,1-3H3,(H2,9,10)/i1D3,2D3,3D3. The molecule has 0 aliphatic rings. The summed E-state index contributed by atoms with van der Waals surface area (Å²) >= 11 is 0. The molecule has 0 fully saturated rings. The molecule has 0 saturated heterocycles. The zero-order chi connectivity index (χ0) is 15.2. The van der Waals surface area contributed by atoms with Crippen molar-refractivity contribution < 1.29 is 12.3 Å². The Morgan fingerprint density at radius 3 is 3.00 bits per heavy atom. The zero-order valence-corrected chi connectivity index (χ0v) is 5.10. The summed E-state index contributed by atoms with van der Waals surface area (Å²) < 4.78 is 65.4. The molecule has 1 aromatic rings. The van der Waals surface area contributed by atoms with E-state index in [1.807, 2.05) is 0 Å². The lowest BCUT2D eigenvalue weighted by molar-refractivity contribution is 1.13. The van der Waals surface area contributed by atoms with Crippen LogP contribution in [0.15, 0.2) is 6.20 Å². The Bertz CT molecular complexity index is 483. The molecule has 0 radical (unpaired) electrons. The first-order valence-electron chi connectivity index (χ1n) is 7.06. The summed E-state index contributed by atoms with van der Waals surface area (Å²) in [7, 11) is 0. The quantitative estimate of drug-likeness (QED) is 0.602. The van der Waals surface area contributed by atoms with Crippen molar-refractivity contribution in [1.82, 2.24) is 4.98 Å². The second-order valence-corrected chi connectivity index (χ2v) is 1.81. The zero-order valence-electron chi connectivity index (χ0n) is 14.1. The minimum Gasteiger partial charge on any atom is -0.398 e. The minimum absolute atomic E-state index is 0.466. The number of aryl methyl sites for hydroxylation is 2.